The molecule has 0 aliphatic carbocycles. The fraction of sp³-hybridized carbons (Fsp3) is 0.294. The fourth-order valence-electron chi connectivity index (χ4n) is 2.50. The van der Waals surface area contributed by atoms with Gasteiger partial charge in [0.25, 0.3) is 5.91 Å². The lowest BCUT2D eigenvalue weighted by Crippen LogP contribution is -2.17. The van der Waals surface area contributed by atoms with Gasteiger partial charge in [0.1, 0.15) is 17.0 Å². The normalized spacial score (nSPS) is 11.1. The molecule has 0 aliphatic rings. The summed E-state index contributed by atoms with van der Waals surface area (Å²) in [6, 6.07) is 1.70. The number of rotatable bonds is 7. The van der Waals surface area contributed by atoms with Gasteiger partial charge in [-0.05, 0) is 20.5 Å². The predicted octanol–water partition coefficient (Wildman–Crippen LogP) is 1.94. The van der Waals surface area contributed by atoms with E-state index in [-0.39, 0.29) is 11.4 Å². The monoisotopic (exact) mass is 389 g/mol. The van der Waals surface area contributed by atoms with Gasteiger partial charge in [0.15, 0.2) is 11.5 Å². The molecular weight excluding hydrogens is 370 g/mol. The standard InChI is InChI=1S/C17H20ClN7O2/c1-24(2)6-3-7-27-13-4-5-20-9-12(13)22-17(26)14-15(19)23-25-10-11(18)8-21-16(14)25/h4-5,8-10H,3,6-7H2,1-2H3,(H2,19,23)(H,22,26). The van der Waals surface area contributed by atoms with Gasteiger partial charge in [0, 0.05) is 25.0 Å². The zero-order chi connectivity index (χ0) is 19.4. The van der Waals surface area contributed by atoms with Crippen LogP contribution >= 0.6 is 11.6 Å². The van der Waals surface area contributed by atoms with Crippen LogP contribution in [0.25, 0.3) is 5.65 Å². The highest BCUT2D eigenvalue weighted by Crippen LogP contribution is 2.25. The number of carbonyl (C=O) groups excluding carboxylic acids is 1. The summed E-state index contributed by atoms with van der Waals surface area (Å²) in [6.45, 7) is 1.42. The molecule has 1 amide bonds. The number of hydrogen-bond donors (Lipinski definition) is 2. The Kier molecular flexibility index (Phi) is 5.72. The molecule has 3 rings (SSSR count). The van der Waals surface area contributed by atoms with E-state index in [0.29, 0.717) is 28.7 Å². The number of aromatic nitrogens is 4. The zero-order valence-electron chi connectivity index (χ0n) is 15.0. The number of anilines is 2. The summed E-state index contributed by atoms with van der Waals surface area (Å²) in [6.07, 6.45) is 6.93. The summed E-state index contributed by atoms with van der Waals surface area (Å²) in [7, 11) is 4.00. The number of halogens is 1. The van der Waals surface area contributed by atoms with Gasteiger partial charge in [-0.15, -0.1) is 5.10 Å². The minimum absolute atomic E-state index is 0.0552. The number of pyridine rings is 1. The fourth-order valence-corrected chi connectivity index (χ4v) is 2.64. The van der Waals surface area contributed by atoms with Crippen LogP contribution in [0.4, 0.5) is 11.5 Å². The van der Waals surface area contributed by atoms with Crippen LogP contribution in [0.2, 0.25) is 5.02 Å². The first-order chi connectivity index (χ1) is 13.0. The molecule has 0 bridgehead atoms. The summed E-state index contributed by atoms with van der Waals surface area (Å²) in [5, 5.41) is 7.23. The Labute approximate surface area is 161 Å². The third-order valence-electron chi connectivity index (χ3n) is 3.73. The summed E-state index contributed by atoms with van der Waals surface area (Å²) < 4.78 is 7.14. The molecule has 27 heavy (non-hydrogen) atoms. The highest BCUT2D eigenvalue weighted by Gasteiger charge is 2.20. The highest BCUT2D eigenvalue weighted by molar-refractivity contribution is 6.30. The first-order valence-electron chi connectivity index (χ1n) is 8.28. The first kappa shape index (κ1) is 18.9. The Morgan fingerprint density at radius 1 is 1.41 bits per heavy atom. The van der Waals surface area contributed by atoms with Crippen LogP contribution in [0.1, 0.15) is 16.8 Å². The van der Waals surface area contributed by atoms with Gasteiger partial charge >= 0.3 is 0 Å². The Morgan fingerprint density at radius 3 is 3.00 bits per heavy atom. The van der Waals surface area contributed by atoms with E-state index in [1.807, 2.05) is 14.1 Å². The maximum Gasteiger partial charge on any atom is 0.263 e. The van der Waals surface area contributed by atoms with Gasteiger partial charge in [-0.1, -0.05) is 11.6 Å². The number of nitrogens with two attached hydrogens (primary N) is 1. The molecule has 0 spiro atoms. The lowest BCUT2D eigenvalue weighted by atomic mass is 10.2. The van der Waals surface area contributed by atoms with Crippen molar-refractivity contribution < 1.29 is 9.53 Å². The number of fused-ring (bicyclic) bond motifs is 1. The van der Waals surface area contributed by atoms with Crippen molar-refractivity contribution in [3.8, 4) is 5.75 Å². The maximum absolute atomic E-state index is 12.8. The van der Waals surface area contributed by atoms with Crippen molar-refractivity contribution in [2.75, 3.05) is 38.3 Å². The van der Waals surface area contributed by atoms with E-state index in [1.165, 1.54) is 23.1 Å². The molecule has 9 nitrogen and oxygen atoms in total. The minimum atomic E-state index is -0.455. The van der Waals surface area contributed by atoms with Gasteiger partial charge < -0.3 is 20.7 Å². The third kappa shape index (κ3) is 4.44. The molecule has 3 heterocycles. The van der Waals surface area contributed by atoms with Crippen molar-refractivity contribution in [3.63, 3.8) is 0 Å². The molecule has 0 aromatic carbocycles. The van der Waals surface area contributed by atoms with Crippen LogP contribution in [-0.4, -0.2) is 57.6 Å². The molecule has 10 heteroatoms. The average molecular weight is 390 g/mol. The molecule has 0 saturated heterocycles. The molecule has 142 valence electrons. The van der Waals surface area contributed by atoms with E-state index >= 15 is 0 Å². The van der Waals surface area contributed by atoms with E-state index in [2.05, 4.69) is 25.3 Å². The van der Waals surface area contributed by atoms with Crippen molar-refractivity contribution in [3.05, 3.63) is 41.4 Å². The number of hydrogen-bond acceptors (Lipinski definition) is 7. The van der Waals surface area contributed by atoms with E-state index in [4.69, 9.17) is 22.1 Å². The second-order valence-electron chi connectivity index (χ2n) is 6.13. The van der Waals surface area contributed by atoms with Crippen molar-refractivity contribution in [1.82, 2.24) is 24.5 Å². The Morgan fingerprint density at radius 2 is 2.22 bits per heavy atom. The van der Waals surface area contributed by atoms with Crippen molar-refractivity contribution >= 4 is 34.7 Å². The van der Waals surface area contributed by atoms with Crippen LogP contribution in [-0.2, 0) is 0 Å². The molecule has 0 radical (unpaired) electrons. The third-order valence-corrected chi connectivity index (χ3v) is 3.93. The van der Waals surface area contributed by atoms with E-state index < -0.39 is 5.91 Å². The quantitative estimate of drug-likeness (QED) is 0.594. The van der Waals surface area contributed by atoms with Gasteiger partial charge in [0.05, 0.1) is 24.0 Å². The Balaban J connectivity index is 1.78. The van der Waals surface area contributed by atoms with E-state index in [1.54, 1.807) is 12.3 Å². The second kappa shape index (κ2) is 8.19. The summed E-state index contributed by atoms with van der Waals surface area (Å²) >= 11 is 5.90. The minimum Gasteiger partial charge on any atom is -0.491 e. The molecule has 3 aromatic heterocycles. The number of nitrogens with zero attached hydrogens (tertiary/aromatic N) is 5. The van der Waals surface area contributed by atoms with Crippen LogP contribution in [0.15, 0.2) is 30.9 Å². The van der Waals surface area contributed by atoms with Crippen molar-refractivity contribution in [2.24, 2.45) is 0 Å². The summed E-state index contributed by atoms with van der Waals surface area (Å²) in [5.74, 6) is 0.131. The van der Waals surface area contributed by atoms with Crippen LogP contribution in [0, 0.1) is 0 Å². The lowest BCUT2D eigenvalue weighted by molar-refractivity contribution is 0.102. The van der Waals surface area contributed by atoms with Crippen LogP contribution in [0.5, 0.6) is 5.75 Å². The Bertz CT molecular complexity index is 958. The zero-order valence-corrected chi connectivity index (χ0v) is 15.8. The molecule has 0 atom stereocenters. The van der Waals surface area contributed by atoms with Gasteiger partial charge in [-0.3, -0.25) is 9.78 Å². The summed E-state index contributed by atoms with van der Waals surface area (Å²) in [5.41, 5.74) is 6.81. The van der Waals surface area contributed by atoms with Gasteiger partial charge in [-0.2, -0.15) is 0 Å². The van der Waals surface area contributed by atoms with Gasteiger partial charge in [0.2, 0.25) is 0 Å². The molecule has 3 N–H and O–H groups in total. The van der Waals surface area contributed by atoms with Gasteiger partial charge in [-0.25, -0.2) is 9.50 Å². The van der Waals surface area contributed by atoms with Crippen molar-refractivity contribution in [1.29, 1.82) is 0 Å². The number of nitrogens with one attached hydrogen (secondary N) is 1. The number of nitrogen functional groups attached to an aromatic ring is 1. The second-order valence-corrected chi connectivity index (χ2v) is 6.57. The first-order valence-corrected chi connectivity index (χ1v) is 8.65. The maximum atomic E-state index is 12.8. The number of carbonyl (C=O) groups is 1. The SMILES string of the molecule is CN(C)CCCOc1ccncc1NC(=O)c1c(N)nn2cc(Cl)cnc12. The Hall–Kier alpha value is -2.91. The van der Waals surface area contributed by atoms with Crippen molar-refractivity contribution in [2.45, 2.75) is 6.42 Å². The van der Waals surface area contributed by atoms with Crippen LogP contribution < -0.4 is 15.8 Å². The van der Waals surface area contributed by atoms with E-state index in [9.17, 15) is 4.79 Å². The number of ether oxygens (including phenoxy) is 1. The molecule has 0 fully saturated rings. The number of amides is 1. The average Bonchev–Trinajstić information content (AvgIpc) is 2.94. The predicted molar refractivity (Wildman–Crippen MR) is 103 cm³/mol. The molecule has 0 unspecified atom stereocenters. The molecule has 3 aromatic rings. The van der Waals surface area contributed by atoms with E-state index in [0.717, 1.165) is 13.0 Å². The lowest BCUT2D eigenvalue weighted by Gasteiger charge is -2.13. The smallest absolute Gasteiger partial charge is 0.263 e. The largest absolute Gasteiger partial charge is 0.491 e. The molecule has 0 aliphatic heterocycles. The highest BCUT2D eigenvalue weighted by atomic mass is 35.5. The summed E-state index contributed by atoms with van der Waals surface area (Å²) in [4.78, 5) is 23.0. The van der Waals surface area contributed by atoms with Crippen LogP contribution in [0.3, 0.4) is 0 Å². The molecule has 0 saturated carbocycles. The molecular formula is C17H20ClN7O2. The topological polar surface area (TPSA) is 111 Å².